The Hall–Kier alpha value is -2.98. The van der Waals surface area contributed by atoms with Crippen molar-refractivity contribution in [3.63, 3.8) is 0 Å². The van der Waals surface area contributed by atoms with E-state index in [2.05, 4.69) is 5.32 Å². The zero-order valence-corrected chi connectivity index (χ0v) is 27.7. The summed E-state index contributed by atoms with van der Waals surface area (Å²) < 4.78 is 32.4. The van der Waals surface area contributed by atoms with E-state index in [1.807, 2.05) is 36.4 Å². The summed E-state index contributed by atoms with van der Waals surface area (Å²) in [6, 6.07) is 18.3. The summed E-state index contributed by atoms with van der Waals surface area (Å²) in [6.07, 6.45) is 6.10. The van der Waals surface area contributed by atoms with Gasteiger partial charge in [0.05, 0.1) is 34.1 Å². The maximum absolute atomic E-state index is 14.3. The van der Waals surface area contributed by atoms with E-state index < -0.39 is 28.5 Å². The third-order valence-electron chi connectivity index (χ3n) is 7.65. The van der Waals surface area contributed by atoms with Gasteiger partial charge in [-0.1, -0.05) is 96.5 Å². The molecule has 1 N–H and O–H groups in total. The molecule has 0 unspecified atom stereocenters. The van der Waals surface area contributed by atoms with Crippen LogP contribution in [0.1, 0.15) is 43.2 Å². The summed E-state index contributed by atoms with van der Waals surface area (Å²) in [7, 11) is -2.49. The number of methoxy groups -OCH3 is 1. The van der Waals surface area contributed by atoms with Crippen LogP contribution in [0.5, 0.6) is 5.75 Å². The quantitative estimate of drug-likeness (QED) is 0.220. The molecule has 1 aliphatic rings. The van der Waals surface area contributed by atoms with Gasteiger partial charge in [-0.05, 0) is 48.2 Å². The van der Waals surface area contributed by atoms with Crippen molar-refractivity contribution >= 4 is 62.3 Å². The lowest BCUT2D eigenvalue weighted by molar-refractivity contribution is -0.140. The standard InChI is InChI=1S/C32H36Cl3N3O5S/c1-43-25-15-9-12-23(16-25)20-37(31(39)21-38(44(2,41)42)29-19-27(34)26(33)18-28(29)35)30(17-22-10-5-3-6-11-22)32(40)36-24-13-7-4-8-14-24/h3,5-6,9-12,15-16,18-19,24,30H,4,7-8,13-14,17,20-21H2,1-2H3,(H,36,40)/t30-/m0/s1. The Balaban J connectivity index is 1.76. The van der Waals surface area contributed by atoms with Crippen LogP contribution in [-0.2, 0) is 32.6 Å². The molecule has 0 saturated heterocycles. The second-order valence-corrected chi connectivity index (χ2v) is 14.0. The van der Waals surface area contributed by atoms with Gasteiger partial charge in [0, 0.05) is 19.0 Å². The normalized spacial score (nSPS) is 14.5. The smallest absolute Gasteiger partial charge is 0.244 e. The van der Waals surface area contributed by atoms with Crippen LogP contribution in [0.4, 0.5) is 5.69 Å². The molecule has 1 saturated carbocycles. The molecule has 1 fully saturated rings. The molecule has 4 rings (SSSR count). The Labute approximate surface area is 274 Å². The lowest BCUT2D eigenvalue weighted by Crippen LogP contribution is -2.55. The number of rotatable bonds is 12. The predicted octanol–water partition coefficient (Wildman–Crippen LogP) is 6.51. The lowest BCUT2D eigenvalue weighted by atomic mass is 9.94. The first-order chi connectivity index (χ1) is 21.0. The van der Waals surface area contributed by atoms with Crippen molar-refractivity contribution in [2.75, 3.05) is 24.2 Å². The van der Waals surface area contributed by atoms with E-state index in [1.165, 1.54) is 17.0 Å². The van der Waals surface area contributed by atoms with Crippen molar-refractivity contribution in [3.8, 4) is 5.75 Å². The SMILES string of the molecule is COc1cccc(CN(C(=O)CN(c2cc(Cl)c(Cl)cc2Cl)S(C)(=O)=O)[C@@H](Cc2ccccc2)C(=O)NC2CCCCC2)c1. The fourth-order valence-electron chi connectivity index (χ4n) is 5.36. The molecule has 0 radical (unpaired) electrons. The maximum Gasteiger partial charge on any atom is 0.244 e. The number of nitrogens with one attached hydrogen (secondary N) is 1. The Morgan fingerprint density at radius 2 is 1.57 bits per heavy atom. The van der Waals surface area contributed by atoms with Crippen LogP contribution in [0.2, 0.25) is 15.1 Å². The van der Waals surface area contributed by atoms with Gasteiger partial charge in [-0.15, -0.1) is 0 Å². The Kier molecular flexibility index (Phi) is 11.8. The number of sulfonamides is 1. The van der Waals surface area contributed by atoms with E-state index in [9.17, 15) is 18.0 Å². The predicted molar refractivity (Wildman–Crippen MR) is 176 cm³/mol. The molecule has 1 atom stereocenters. The van der Waals surface area contributed by atoms with E-state index in [0.29, 0.717) is 11.3 Å². The summed E-state index contributed by atoms with van der Waals surface area (Å²) in [5, 5.41) is 3.40. The zero-order valence-electron chi connectivity index (χ0n) is 24.6. The van der Waals surface area contributed by atoms with E-state index >= 15 is 0 Å². The van der Waals surface area contributed by atoms with Crippen LogP contribution in [0.25, 0.3) is 0 Å². The Morgan fingerprint density at radius 3 is 2.23 bits per heavy atom. The molecule has 3 aromatic rings. The van der Waals surface area contributed by atoms with Crippen molar-refractivity contribution in [1.82, 2.24) is 10.2 Å². The number of benzene rings is 3. The molecular weight excluding hydrogens is 645 g/mol. The number of anilines is 1. The molecule has 0 spiro atoms. The highest BCUT2D eigenvalue weighted by atomic mass is 35.5. The molecule has 2 amide bonds. The first kappa shape index (κ1) is 33.9. The van der Waals surface area contributed by atoms with Gasteiger partial charge in [0.1, 0.15) is 18.3 Å². The molecule has 0 aliphatic heterocycles. The molecule has 0 heterocycles. The number of nitrogens with zero attached hydrogens (tertiary/aromatic N) is 2. The fourth-order valence-corrected chi connectivity index (χ4v) is 6.91. The molecule has 236 valence electrons. The van der Waals surface area contributed by atoms with Gasteiger partial charge < -0.3 is 15.0 Å². The molecule has 0 aromatic heterocycles. The number of halogens is 3. The van der Waals surface area contributed by atoms with Crippen LogP contribution >= 0.6 is 34.8 Å². The van der Waals surface area contributed by atoms with Crippen LogP contribution in [0.15, 0.2) is 66.7 Å². The van der Waals surface area contributed by atoms with Gasteiger partial charge in [-0.3, -0.25) is 13.9 Å². The largest absolute Gasteiger partial charge is 0.497 e. The third kappa shape index (κ3) is 9.03. The van der Waals surface area contributed by atoms with E-state index in [0.717, 1.165) is 48.2 Å². The van der Waals surface area contributed by atoms with E-state index in [-0.39, 0.29) is 45.7 Å². The van der Waals surface area contributed by atoms with Gasteiger partial charge in [0.15, 0.2) is 0 Å². The lowest BCUT2D eigenvalue weighted by Gasteiger charge is -2.35. The topological polar surface area (TPSA) is 96.0 Å². The van der Waals surface area contributed by atoms with Crippen molar-refractivity contribution in [3.05, 3.63) is 92.9 Å². The van der Waals surface area contributed by atoms with Gasteiger partial charge in [0.2, 0.25) is 21.8 Å². The van der Waals surface area contributed by atoms with Crippen molar-refractivity contribution in [2.24, 2.45) is 0 Å². The highest BCUT2D eigenvalue weighted by Gasteiger charge is 2.34. The Bertz CT molecular complexity index is 1570. The highest BCUT2D eigenvalue weighted by Crippen LogP contribution is 2.36. The van der Waals surface area contributed by atoms with Crippen molar-refractivity contribution in [1.29, 1.82) is 0 Å². The summed E-state index contributed by atoms with van der Waals surface area (Å²) >= 11 is 18.7. The second-order valence-electron chi connectivity index (χ2n) is 10.9. The van der Waals surface area contributed by atoms with Gasteiger partial charge in [-0.2, -0.15) is 0 Å². The van der Waals surface area contributed by atoms with Gasteiger partial charge in [0.25, 0.3) is 0 Å². The summed E-state index contributed by atoms with van der Waals surface area (Å²) in [5.74, 6) is -0.308. The van der Waals surface area contributed by atoms with E-state index in [4.69, 9.17) is 39.5 Å². The average Bonchev–Trinajstić information content (AvgIpc) is 3.00. The molecular formula is C32H36Cl3N3O5S. The number of ether oxygens (including phenoxy) is 1. The van der Waals surface area contributed by atoms with E-state index in [1.54, 1.807) is 25.3 Å². The molecule has 44 heavy (non-hydrogen) atoms. The van der Waals surface area contributed by atoms with Crippen molar-refractivity contribution in [2.45, 2.75) is 57.2 Å². The molecule has 1 aliphatic carbocycles. The van der Waals surface area contributed by atoms with Gasteiger partial charge >= 0.3 is 0 Å². The number of hydrogen-bond acceptors (Lipinski definition) is 5. The summed E-state index contributed by atoms with van der Waals surface area (Å²) in [5.41, 5.74) is 1.57. The van der Waals surface area contributed by atoms with Crippen LogP contribution in [-0.4, -0.2) is 57.1 Å². The van der Waals surface area contributed by atoms with Crippen LogP contribution in [0, 0.1) is 0 Å². The molecule has 12 heteroatoms. The summed E-state index contributed by atoms with van der Waals surface area (Å²) in [6.45, 7) is -0.596. The van der Waals surface area contributed by atoms with Crippen molar-refractivity contribution < 1.29 is 22.7 Å². The summed E-state index contributed by atoms with van der Waals surface area (Å²) in [4.78, 5) is 29.8. The highest BCUT2D eigenvalue weighted by molar-refractivity contribution is 7.92. The van der Waals surface area contributed by atoms with Crippen LogP contribution in [0.3, 0.4) is 0 Å². The van der Waals surface area contributed by atoms with Gasteiger partial charge in [-0.25, -0.2) is 8.42 Å². The molecule has 3 aromatic carbocycles. The van der Waals surface area contributed by atoms with Crippen LogP contribution < -0.4 is 14.4 Å². The average molecular weight is 681 g/mol. The maximum atomic E-state index is 14.3. The first-order valence-electron chi connectivity index (χ1n) is 14.3. The monoisotopic (exact) mass is 679 g/mol. The third-order valence-corrected chi connectivity index (χ3v) is 9.80. The number of carbonyl (C=O) groups is 2. The minimum atomic E-state index is -4.03. The fraction of sp³-hybridized carbons (Fsp3) is 0.375. The molecule has 0 bridgehead atoms. The second kappa shape index (κ2) is 15.3. The first-order valence-corrected chi connectivity index (χ1v) is 17.3. The number of carbonyl (C=O) groups excluding carboxylic acids is 2. The number of amides is 2. The number of hydrogen-bond donors (Lipinski definition) is 1. The molecule has 8 nitrogen and oxygen atoms in total. The zero-order chi connectivity index (χ0) is 31.9. The minimum absolute atomic E-state index is 0.00418. The Morgan fingerprint density at radius 1 is 0.909 bits per heavy atom. The minimum Gasteiger partial charge on any atom is -0.497 e.